The summed E-state index contributed by atoms with van der Waals surface area (Å²) in [5.74, 6) is 0. The fraction of sp³-hybridized carbons (Fsp3) is 0. The highest BCUT2D eigenvalue weighted by Gasteiger charge is 2.02. The van der Waals surface area contributed by atoms with E-state index in [2.05, 4.69) is 11.6 Å². The van der Waals surface area contributed by atoms with Crippen molar-refractivity contribution in [2.45, 2.75) is 0 Å². The molecule has 0 spiro atoms. The number of nitrogens with zero attached hydrogens (tertiary/aromatic N) is 1. The van der Waals surface area contributed by atoms with E-state index < -0.39 is 0 Å². The van der Waals surface area contributed by atoms with E-state index in [0.29, 0.717) is 5.02 Å². The van der Waals surface area contributed by atoms with Crippen molar-refractivity contribution < 1.29 is 0 Å². The van der Waals surface area contributed by atoms with Gasteiger partial charge in [0.2, 0.25) is 0 Å². The molecule has 0 unspecified atom stereocenters. The molecule has 1 aromatic carbocycles. The van der Waals surface area contributed by atoms with E-state index in [1.807, 2.05) is 42.5 Å². The maximum Gasteiger partial charge on any atom is 0.0702 e. The van der Waals surface area contributed by atoms with Crippen LogP contribution < -0.4 is 0 Å². The maximum absolute atomic E-state index is 5.91. The van der Waals surface area contributed by atoms with Crippen molar-refractivity contribution in [3.63, 3.8) is 0 Å². The van der Waals surface area contributed by atoms with Gasteiger partial charge in [-0.25, -0.2) is 0 Å². The maximum atomic E-state index is 5.91. The number of pyridine rings is 1. The number of aromatic nitrogens is 1. The van der Waals surface area contributed by atoms with Crippen LogP contribution in [0.25, 0.3) is 5.57 Å². The van der Waals surface area contributed by atoms with Gasteiger partial charge < -0.3 is 0 Å². The number of benzene rings is 1. The number of rotatable bonds is 2. The molecule has 0 aliphatic heterocycles. The summed E-state index contributed by atoms with van der Waals surface area (Å²) in [5, 5.41) is 0.713. The molecule has 15 heavy (non-hydrogen) atoms. The largest absolute Gasteiger partial charge is 0.256 e. The average Bonchev–Trinajstić information content (AvgIpc) is 2.29. The third-order valence-electron chi connectivity index (χ3n) is 2.15. The van der Waals surface area contributed by atoms with E-state index in [-0.39, 0.29) is 0 Å². The lowest BCUT2D eigenvalue weighted by molar-refractivity contribution is 1.27. The third-order valence-corrected chi connectivity index (χ3v) is 2.38. The molecule has 0 radical (unpaired) electrons. The molecule has 0 amide bonds. The zero-order chi connectivity index (χ0) is 10.7. The zero-order valence-electron chi connectivity index (χ0n) is 8.15. The van der Waals surface area contributed by atoms with Crippen molar-refractivity contribution in [1.82, 2.24) is 4.98 Å². The molecule has 0 aliphatic carbocycles. The summed E-state index contributed by atoms with van der Waals surface area (Å²) >= 11 is 5.91. The molecule has 74 valence electrons. The molecule has 0 fully saturated rings. The Balaban J connectivity index is 2.37. The minimum Gasteiger partial charge on any atom is -0.256 e. The van der Waals surface area contributed by atoms with Crippen LogP contribution in [0.2, 0.25) is 5.02 Å². The van der Waals surface area contributed by atoms with Crippen LogP contribution in [0.15, 0.2) is 55.2 Å². The van der Waals surface area contributed by atoms with Crippen LogP contribution in [0.4, 0.5) is 0 Å². The Morgan fingerprint density at radius 1 is 1.13 bits per heavy atom. The van der Waals surface area contributed by atoms with Crippen LogP contribution in [-0.4, -0.2) is 4.98 Å². The summed E-state index contributed by atoms with van der Waals surface area (Å²) < 4.78 is 0. The molecular formula is C13H10ClN. The van der Waals surface area contributed by atoms with Crippen molar-refractivity contribution >= 4 is 17.2 Å². The smallest absolute Gasteiger partial charge is 0.0702 e. The molecule has 2 heteroatoms. The standard InChI is InChI=1S/C13H10ClN/c1-10(13-7-2-3-8-15-13)11-5-4-6-12(14)9-11/h2-9H,1H2. The van der Waals surface area contributed by atoms with Gasteiger partial charge in [0.25, 0.3) is 0 Å². The number of hydrogen-bond donors (Lipinski definition) is 0. The molecule has 1 heterocycles. The van der Waals surface area contributed by atoms with Crippen molar-refractivity contribution in [3.8, 4) is 0 Å². The van der Waals surface area contributed by atoms with Gasteiger partial charge in [0.05, 0.1) is 5.69 Å². The van der Waals surface area contributed by atoms with E-state index in [1.165, 1.54) is 0 Å². The van der Waals surface area contributed by atoms with Crippen molar-refractivity contribution in [2.24, 2.45) is 0 Å². The molecule has 2 rings (SSSR count). The molecule has 0 bridgehead atoms. The summed E-state index contributed by atoms with van der Waals surface area (Å²) in [4.78, 5) is 4.24. The van der Waals surface area contributed by atoms with E-state index in [0.717, 1.165) is 16.8 Å². The molecule has 0 aliphatic rings. The van der Waals surface area contributed by atoms with Gasteiger partial charge in [-0.1, -0.05) is 36.4 Å². The van der Waals surface area contributed by atoms with Gasteiger partial charge >= 0.3 is 0 Å². The van der Waals surface area contributed by atoms with E-state index in [9.17, 15) is 0 Å². The Morgan fingerprint density at radius 3 is 2.67 bits per heavy atom. The van der Waals surface area contributed by atoms with Crippen molar-refractivity contribution in [1.29, 1.82) is 0 Å². The molecular weight excluding hydrogens is 206 g/mol. The molecule has 1 nitrogen and oxygen atoms in total. The zero-order valence-corrected chi connectivity index (χ0v) is 8.91. The highest BCUT2D eigenvalue weighted by Crippen LogP contribution is 2.21. The van der Waals surface area contributed by atoms with Gasteiger partial charge in [-0.05, 0) is 29.8 Å². The Bertz CT molecular complexity index is 477. The second-order valence-electron chi connectivity index (χ2n) is 3.20. The van der Waals surface area contributed by atoms with Gasteiger partial charge in [0.1, 0.15) is 0 Å². The topological polar surface area (TPSA) is 12.9 Å². The summed E-state index contributed by atoms with van der Waals surface area (Å²) in [6.45, 7) is 4.02. The number of hydrogen-bond acceptors (Lipinski definition) is 1. The minimum atomic E-state index is 0.713. The molecule has 0 atom stereocenters. The summed E-state index contributed by atoms with van der Waals surface area (Å²) in [6.07, 6.45) is 1.76. The lowest BCUT2D eigenvalue weighted by Crippen LogP contribution is -1.88. The van der Waals surface area contributed by atoms with E-state index >= 15 is 0 Å². The first-order valence-corrected chi connectivity index (χ1v) is 5.01. The van der Waals surface area contributed by atoms with Gasteiger partial charge in [-0.2, -0.15) is 0 Å². The summed E-state index contributed by atoms with van der Waals surface area (Å²) in [5.41, 5.74) is 2.76. The fourth-order valence-corrected chi connectivity index (χ4v) is 1.56. The molecule has 1 aromatic heterocycles. The van der Waals surface area contributed by atoms with Crippen molar-refractivity contribution in [3.05, 3.63) is 71.5 Å². The van der Waals surface area contributed by atoms with Crippen LogP contribution in [0.5, 0.6) is 0 Å². The van der Waals surface area contributed by atoms with Crippen LogP contribution in [0.3, 0.4) is 0 Å². The molecule has 0 saturated carbocycles. The van der Waals surface area contributed by atoms with E-state index in [4.69, 9.17) is 11.6 Å². The highest BCUT2D eigenvalue weighted by atomic mass is 35.5. The van der Waals surface area contributed by atoms with E-state index in [1.54, 1.807) is 6.20 Å². The van der Waals surface area contributed by atoms with Crippen molar-refractivity contribution in [2.75, 3.05) is 0 Å². The summed E-state index contributed by atoms with van der Waals surface area (Å²) in [7, 11) is 0. The Kier molecular flexibility index (Phi) is 2.84. The normalized spacial score (nSPS) is 9.93. The van der Waals surface area contributed by atoms with Gasteiger partial charge in [0.15, 0.2) is 0 Å². The minimum absolute atomic E-state index is 0.713. The number of halogens is 1. The quantitative estimate of drug-likeness (QED) is 0.743. The Hall–Kier alpha value is -1.60. The lowest BCUT2D eigenvalue weighted by atomic mass is 10.0. The first kappa shape index (κ1) is 9.94. The SMILES string of the molecule is C=C(c1cccc(Cl)c1)c1ccccn1. The van der Waals surface area contributed by atoms with Gasteiger partial charge in [-0.15, -0.1) is 0 Å². The van der Waals surface area contributed by atoms with Gasteiger partial charge in [-0.3, -0.25) is 4.98 Å². The first-order valence-electron chi connectivity index (χ1n) is 4.63. The van der Waals surface area contributed by atoms with Crippen LogP contribution in [-0.2, 0) is 0 Å². The predicted molar refractivity (Wildman–Crippen MR) is 63.8 cm³/mol. The van der Waals surface area contributed by atoms with Crippen LogP contribution in [0, 0.1) is 0 Å². The Morgan fingerprint density at radius 2 is 2.00 bits per heavy atom. The average molecular weight is 216 g/mol. The van der Waals surface area contributed by atoms with Gasteiger partial charge in [0, 0.05) is 16.8 Å². The van der Waals surface area contributed by atoms with Crippen LogP contribution in [0.1, 0.15) is 11.3 Å². The molecule has 2 aromatic rings. The second kappa shape index (κ2) is 4.28. The molecule has 0 N–H and O–H groups in total. The predicted octanol–water partition coefficient (Wildman–Crippen LogP) is 3.80. The monoisotopic (exact) mass is 215 g/mol. The fourth-order valence-electron chi connectivity index (χ4n) is 1.37. The lowest BCUT2D eigenvalue weighted by Gasteiger charge is -2.04. The third kappa shape index (κ3) is 2.25. The van der Waals surface area contributed by atoms with Crippen LogP contribution >= 0.6 is 11.6 Å². The Labute approximate surface area is 94.1 Å². The summed E-state index contributed by atoms with van der Waals surface area (Å²) in [6, 6.07) is 13.4. The second-order valence-corrected chi connectivity index (χ2v) is 3.64. The first-order chi connectivity index (χ1) is 7.27. The highest BCUT2D eigenvalue weighted by molar-refractivity contribution is 6.30. The molecule has 0 saturated heterocycles.